The van der Waals surface area contributed by atoms with Crippen LogP contribution >= 0.6 is 11.8 Å². The molecule has 7 nitrogen and oxygen atoms in total. The van der Waals surface area contributed by atoms with E-state index in [-0.39, 0.29) is 6.79 Å². The average molecular weight is 408 g/mol. The minimum absolute atomic E-state index is 0.235. The van der Waals surface area contributed by atoms with Crippen molar-refractivity contribution in [2.45, 2.75) is 31.1 Å². The first-order valence-electron chi connectivity index (χ1n) is 9.61. The Morgan fingerprint density at radius 1 is 1.10 bits per heavy atom. The van der Waals surface area contributed by atoms with E-state index in [1.165, 1.54) is 0 Å². The lowest BCUT2D eigenvalue weighted by Gasteiger charge is -2.19. The minimum atomic E-state index is -0.447. The third-order valence-corrected chi connectivity index (χ3v) is 5.69. The van der Waals surface area contributed by atoms with Crippen LogP contribution in [-0.2, 0) is 0 Å². The molecule has 0 radical (unpaired) electrons. The standard InChI is InChI=1S/C21H20N4O3S/c1-2-3-10-29-21-23-20-18(24-25-21)14-6-4-5-7-15(14)22-19(28-20)13-8-9-16-17(11-13)27-12-26-16/h4-9,11,19,22H,2-3,10,12H2,1H3/t19-/m0/s1. The van der Waals surface area contributed by atoms with Crippen molar-refractivity contribution in [1.29, 1.82) is 0 Å². The number of hydrogen-bond donors (Lipinski definition) is 1. The first-order chi connectivity index (χ1) is 14.3. The molecule has 2 aromatic carbocycles. The second-order valence-electron chi connectivity index (χ2n) is 6.75. The van der Waals surface area contributed by atoms with Gasteiger partial charge >= 0.3 is 0 Å². The summed E-state index contributed by atoms with van der Waals surface area (Å²) in [6.07, 6.45) is 1.79. The number of anilines is 1. The molecular weight excluding hydrogens is 388 g/mol. The molecule has 1 atom stereocenters. The fraction of sp³-hybridized carbons (Fsp3) is 0.286. The second kappa shape index (κ2) is 7.79. The average Bonchev–Trinajstić information content (AvgIpc) is 3.15. The van der Waals surface area contributed by atoms with Crippen LogP contribution < -0.4 is 19.5 Å². The van der Waals surface area contributed by atoms with Gasteiger partial charge < -0.3 is 19.5 Å². The van der Waals surface area contributed by atoms with Crippen LogP contribution in [0.25, 0.3) is 11.3 Å². The molecule has 29 heavy (non-hydrogen) atoms. The van der Waals surface area contributed by atoms with Crippen molar-refractivity contribution in [3.63, 3.8) is 0 Å². The third-order valence-electron chi connectivity index (χ3n) is 4.76. The van der Waals surface area contributed by atoms with Gasteiger partial charge in [0.1, 0.15) is 0 Å². The monoisotopic (exact) mass is 408 g/mol. The fourth-order valence-electron chi connectivity index (χ4n) is 3.24. The lowest BCUT2D eigenvalue weighted by Crippen LogP contribution is -2.17. The highest BCUT2D eigenvalue weighted by molar-refractivity contribution is 7.99. The van der Waals surface area contributed by atoms with Gasteiger partial charge in [-0.25, -0.2) is 0 Å². The number of para-hydroxylation sites is 1. The predicted octanol–water partition coefficient (Wildman–Crippen LogP) is 4.66. The molecule has 0 fully saturated rings. The third kappa shape index (κ3) is 3.55. The molecule has 0 saturated heterocycles. The highest BCUT2D eigenvalue weighted by Gasteiger charge is 2.27. The van der Waals surface area contributed by atoms with Gasteiger partial charge in [0.05, 0.1) is 0 Å². The quantitative estimate of drug-likeness (QED) is 0.482. The molecule has 2 aliphatic heterocycles. The van der Waals surface area contributed by atoms with E-state index >= 15 is 0 Å². The van der Waals surface area contributed by atoms with Gasteiger partial charge in [-0.05, 0) is 30.7 Å². The number of hydrogen-bond acceptors (Lipinski definition) is 8. The number of aromatic nitrogens is 3. The van der Waals surface area contributed by atoms with E-state index in [2.05, 4.69) is 27.4 Å². The molecule has 0 spiro atoms. The summed E-state index contributed by atoms with van der Waals surface area (Å²) in [5.41, 5.74) is 3.37. The van der Waals surface area contributed by atoms with Gasteiger partial charge in [-0.1, -0.05) is 43.3 Å². The van der Waals surface area contributed by atoms with Gasteiger partial charge in [0.15, 0.2) is 23.4 Å². The molecule has 1 aromatic heterocycles. The van der Waals surface area contributed by atoms with Crippen LogP contribution in [0, 0.1) is 0 Å². The zero-order chi connectivity index (χ0) is 19.6. The van der Waals surface area contributed by atoms with E-state index in [1.807, 2.05) is 42.5 Å². The van der Waals surface area contributed by atoms with E-state index in [4.69, 9.17) is 14.2 Å². The maximum Gasteiger partial charge on any atom is 0.247 e. The van der Waals surface area contributed by atoms with Crippen molar-refractivity contribution in [2.75, 3.05) is 17.9 Å². The van der Waals surface area contributed by atoms with Crippen molar-refractivity contribution in [2.24, 2.45) is 0 Å². The molecule has 3 aromatic rings. The van der Waals surface area contributed by atoms with Crippen molar-refractivity contribution in [3.05, 3.63) is 48.0 Å². The number of fused-ring (bicyclic) bond motifs is 4. The van der Waals surface area contributed by atoms with Crippen LogP contribution in [0.4, 0.5) is 5.69 Å². The smallest absolute Gasteiger partial charge is 0.247 e. The zero-order valence-electron chi connectivity index (χ0n) is 15.9. The maximum atomic E-state index is 6.30. The molecule has 0 aliphatic carbocycles. The summed E-state index contributed by atoms with van der Waals surface area (Å²) in [6.45, 7) is 2.40. The van der Waals surface area contributed by atoms with Crippen LogP contribution in [0.1, 0.15) is 31.6 Å². The Bertz CT molecular complexity index is 1050. The maximum absolute atomic E-state index is 6.30. The first kappa shape index (κ1) is 18.1. The number of unbranched alkanes of at least 4 members (excludes halogenated alkanes) is 1. The SMILES string of the molecule is CCCCSc1nnc2c(n1)O[C@@H](c1ccc3c(c1)OCO3)Nc1ccccc1-2. The van der Waals surface area contributed by atoms with Gasteiger partial charge in [-0.2, -0.15) is 4.98 Å². The van der Waals surface area contributed by atoms with E-state index in [9.17, 15) is 0 Å². The second-order valence-corrected chi connectivity index (χ2v) is 7.81. The van der Waals surface area contributed by atoms with Crippen LogP contribution in [0.3, 0.4) is 0 Å². The first-order valence-corrected chi connectivity index (χ1v) is 10.6. The van der Waals surface area contributed by atoms with Crippen LogP contribution in [0.2, 0.25) is 0 Å². The molecular formula is C21H20N4O3S. The lowest BCUT2D eigenvalue weighted by molar-refractivity contribution is 0.173. The number of ether oxygens (including phenoxy) is 3. The van der Waals surface area contributed by atoms with E-state index in [0.717, 1.165) is 41.2 Å². The van der Waals surface area contributed by atoms with Crippen molar-refractivity contribution >= 4 is 17.4 Å². The van der Waals surface area contributed by atoms with Gasteiger partial charge in [0, 0.05) is 22.6 Å². The van der Waals surface area contributed by atoms with Crippen LogP contribution in [0.15, 0.2) is 47.6 Å². The van der Waals surface area contributed by atoms with Gasteiger partial charge in [0.2, 0.25) is 17.8 Å². The Labute approximate surface area is 172 Å². The molecule has 0 unspecified atom stereocenters. The number of nitrogens with one attached hydrogen (secondary N) is 1. The molecule has 5 rings (SSSR count). The Morgan fingerprint density at radius 2 is 2.00 bits per heavy atom. The molecule has 148 valence electrons. The Kier molecular flexibility index (Phi) is 4.85. The van der Waals surface area contributed by atoms with E-state index < -0.39 is 6.23 Å². The Morgan fingerprint density at radius 3 is 2.93 bits per heavy atom. The molecule has 2 aliphatic rings. The lowest BCUT2D eigenvalue weighted by atomic mass is 10.1. The summed E-state index contributed by atoms with van der Waals surface area (Å²) >= 11 is 1.60. The Hall–Kier alpha value is -3.00. The van der Waals surface area contributed by atoms with E-state index in [1.54, 1.807) is 11.8 Å². The Balaban J connectivity index is 1.53. The number of benzene rings is 2. The summed E-state index contributed by atoms with van der Waals surface area (Å²) in [5.74, 6) is 2.88. The van der Waals surface area contributed by atoms with Crippen LogP contribution in [-0.4, -0.2) is 27.7 Å². The summed E-state index contributed by atoms with van der Waals surface area (Å²) < 4.78 is 17.2. The molecule has 0 saturated carbocycles. The largest absolute Gasteiger partial charge is 0.454 e. The molecule has 1 N–H and O–H groups in total. The summed E-state index contributed by atoms with van der Waals surface area (Å²) in [7, 11) is 0. The normalized spacial score (nSPS) is 16.2. The summed E-state index contributed by atoms with van der Waals surface area (Å²) in [4.78, 5) is 4.66. The fourth-order valence-corrected chi connectivity index (χ4v) is 4.10. The topological polar surface area (TPSA) is 78.4 Å². The number of nitrogens with zero attached hydrogens (tertiary/aromatic N) is 3. The molecule has 3 heterocycles. The van der Waals surface area contributed by atoms with Crippen molar-refractivity contribution in [1.82, 2.24) is 15.2 Å². The summed E-state index contributed by atoms with van der Waals surface area (Å²) in [6, 6.07) is 13.7. The number of thioether (sulfide) groups is 1. The van der Waals surface area contributed by atoms with Crippen molar-refractivity contribution < 1.29 is 14.2 Å². The number of rotatable bonds is 5. The highest BCUT2D eigenvalue weighted by Crippen LogP contribution is 2.41. The predicted molar refractivity (Wildman–Crippen MR) is 110 cm³/mol. The molecule has 0 bridgehead atoms. The van der Waals surface area contributed by atoms with Gasteiger partial charge in [-0.15, -0.1) is 10.2 Å². The molecule has 0 amide bonds. The van der Waals surface area contributed by atoms with Crippen LogP contribution in [0.5, 0.6) is 17.4 Å². The van der Waals surface area contributed by atoms with Gasteiger partial charge in [-0.3, -0.25) is 0 Å². The summed E-state index contributed by atoms with van der Waals surface area (Å²) in [5, 5.41) is 12.8. The molecule has 8 heteroatoms. The minimum Gasteiger partial charge on any atom is -0.454 e. The highest BCUT2D eigenvalue weighted by atomic mass is 32.2. The zero-order valence-corrected chi connectivity index (χ0v) is 16.7. The van der Waals surface area contributed by atoms with E-state index in [0.29, 0.717) is 22.5 Å². The van der Waals surface area contributed by atoms with Gasteiger partial charge in [0.25, 0.3) is 0 Å². The van der Waals surface area contributed by atoms with Crippen molar-refractivity contribution in [3.8, 4) is 28.6 Å².